The highest BCUT2D eigenvalue weighted by Gasteiger charge is 2.33. The molecule has 0 bridgehead atoms. The number of rotatable bonds is 6. The number of fused-ring (bicyclic) bond motifs is 1. The van der Waals surface area contributed by atoms with E-state index in [0.717, 1.165) is 34.0 Å². The summed E-state index contributed by atoms with van der Waals surface area (Å²) in [5.74, 6) is 0.319. The molecule has 1 aliphatic rings. The van der Waals surface area contributed by atoms with E-state index in [4.69, 9.17) is 14.5 Å². The number of carbonyl (C=O) groups is 1. The van der Waals surface area contributed by atoms with Gasteiger partial charge in [-0.1, -0.05) is 48.6 Å². The first-order valence-corrected chi connectivity index (χ1v) is 13.2. The Bertz CT molecular complexity index is 1720. The number of allylic oxidation sites excluding steroid dienone is 1. The van der Waals surface area contributed by atoms with E-state index in [1.165, 1.54) is 18.4 Å². The van der Waals surface area contributed by atoms with E-state index in [2.05, 4.69) is 10.6 Å². The van der Waals surface area contributed by atoms with Crippen molar-refractivity contribution < 1.29 is 14.3 Å². The van der Waals surface area contributed by atoms with E-state index in [1.807, 2.05) is 81.4 Å². The van der Waals surface area contributed by atoms with Gasteiger partial charge in [0.05, 0.1) is 36.1 Å². The molecule has 5 rings (SSSR count). The Balaban J connectivity index is 1.69. The number of methoxy groups -OCH3 is 2. The van der Waals surface area contributed by atoms with Crippen LogP contribution in [-0.4, -0.2) is 29.3 Å². The van der Waals surface area contributed by atoms with Crippen LogP contribution >= 0.6 is 11.3 Å². The van der Waals surface area contributed by atoms with Gasteiger partial charge in [0.2, 0.25) is 0 Å². The predicted molar refractivity (Wildman–Crippen MR) is 149 cm³/mol. The first-order chi connectivity index (χ1) is 18.4. The van der Waals surface area contributed by atoms with Crippen molar-refractivity contribution in [3.63, 3.8) is 0 Å². The monoisotopic (exact) mass is 527 g/mol. The fourth-order valence-electron chi connectivity index (χ4n) is 5.02. The summed E-state index contributed by atoms with van der Waals surface area (Å²) < 4.78 is 14.8. The van der Waals surface area contributed by atoms with Crippen molar-refractivity contribution in [2.75, 3.05) is 14.2 Å². The molecule has 7 nitrogen and oxygen atoms in total. The van der Waals surface area contributed by atoms with Gasteiger partial charge in [0.25, 0.3) is 5.56 Å². The van der Waals surface area contributed by atoms with Crippen LogP contribution in [0, 0.1) is 13.8 Å². The van der Waals surface area contributed by atoms with E-state index in [1.54, 1.807) is 11.7 Å². The number of carbonyl (C=O) groups excluding carboxylic acids is 1. The third-order valence-corrected chi connectivity index (χ3v) is 7.84. The van der Waals surface area contributed by atoms with Gasteiger partial charge in [-0.3, -0.25) is 9.36 Å². The molecule has 1 aliphatic heterocycles. The molecular formula is C30H29N3O4S. The molecular weight excluding hydrogens is 498 g/mol. The second-order valence-electron chi connectivity index (χ2n) is 9.06. The summed E-state index contributed by atoms with van der Waals surface area (Å²) in [6.45, 7) is 6.03. The number of aryl methyl sites for hydroxylation is 1. The van der Waals surface area contributed by atoms with Crippen LogP contribution in [0.4, 0.5) is 0 Å². The minimum Gasteiger partial charge on any atom is -0.497 e. The number of benzene rings is 2. The Morgan fingerprint density at radius 3 is 2.42 bits per heavy atom. The minimum absolute atomic E-state index is 0.187. The second kappa shape index (κ2) is 10.3. The van der Waals surface area contributed by atoms with Crippen molar-refractivity contribution in [2.24, 2.45) is 4.99 Å². The summed E-state index contributed by atoms with van der Waals surface area (Å²) in [5, 5.41) is 0. The van der Waals surface area contributed by atoms with Gasteiger partial charge in [0, 0.05) is 17.1 Å². The molecule has 2 aromatic heterocycles. The summed E-state index contributed by atoms with van der Waals surface area (Å²) in [6.07, 6.45) is 2.46. The topological polar surface area (TPSA) is 74.8 Å². The van der Waals surface area contributed by atoms with Crippen LogP contribution in [0.25, 0.3) is 11.8 Å². The van der Waals surface area contributed by atoms with Crippen LogP contribution in [0.5, 0.6) is 5.75 Å². The highest BCUT2D eigenvalue weighted by molar-refractivity contribution is 7.07. The smallest absolute Gasteiger partial charge is 0.338 e. The maximum absolute atomic E-state index is 13.9. The molecule has 0 N–H and O–H groups in total. The molecule has 38 heavy (non-hydrogen) atoms. The van der Waals surface area contributed by atoms with Crippen molar-refractivity contribution in [3.05, 3.63) is 114 Å². The van der Waals surface area contributed by atoms with Crippen LogP contribution in [0.1, 0.15) is 41.9 Å². The first kappa shape index (κ1) is 25.5. The zero-order valence-corrected chi connectivity index (χ0v) is 22.8. The van der Waals surface area contributed by atoms with Crippen molar-refractivity contribution >= 4 is 23.4 Å². The Morgan fingerprint density at radius 2 is 1.79 bits per heavy atom. The van der Waals surface area contributed by atoms with E-state index < -0.39 is 12.0 Å². The molecule has 0 radical (unpaired) electrons. The molecule has 0 saturated heterocycles. The molecule has 0 aliphatic carbocycles. The van der Waals surface area contributed by atoms with Crippen molar-refractivity contribution in [2.45, 2.75) is 33.2 Å². The van der Waals surface area contributed by atoms with Crippen LogP contribution < -0.4 is 19.6 Å². The summed E-state index contributed by atoms with van der Waals surface area (Å²) in [5.41, 5.74) is 5.71. The van der Waals surface area contributed by atoms with Gasteiger partial charge in [0.15, 0.2) is 4.80 Å². The highest BCUT2D eigenvalue weighted by Crippen LogP contribution is 2.31. The predicted octanol–water partition coefficient (Wildman–Crippen LogP) is 4.21. The number of hydrogen-bond acceptors (Lipinski definition) is 6. The van der Waals surface area contributed by atoms with E-state index in [9.17, 15) is 9.59 Å². The minimum atomic E-state index is -0.608. The normalized spacial score (nSPS) is 15.3. The quantitative estimate of drug-likeness (QED) is 0.352. The van der Waals surface area contributed by atoms with Gasteiger partial charge in [-0.2, -0.15) is 0 Å². The molecule has 0 fully saturated rings. The van der Waals surface area contributed by atoms with Crippen molar-refractivity contribution in [3.8, 4) is 11.4 Å². The third-order valence-electron chi connectivity index (χ3n) is 6.85. The summed E-state index contributed by atoms with van der Waals surface area (Å²) in [4.78, 5) is 32.1. The Hall–Kier alpha value is -4.17. The third kappa shape index (κ3) is 4.31. The number of thiazole rings is 1. The lowest BCUT2D eigenvalue weighted by atomic mass is 9.95. The van der Waals surface area contributed by atoms with Gasteiger partial charge in [0.1, 0.15) is 5.75 Å². The maximum atomic E-state index is 13.9. The van der Waals surface area contributed by atoms with Crippen molar-refractivity contribution in [1.29, 1.82) is 0 Å². The van der Waals surface area contributed by atoms with Gasteiger partial charge in [-0.15, -0.1) is 0 Å². The van der Waals surface area contributed by atoms with Crippen LogP contribution in [0.15, 0.2) is 81.7 Å². The van der Waals surface area contributed by atoms with E-state index in [0.29, 0.717) is 27.0 Å². The summed E-state index contributed by atoms with van der Waals surface area (Å²) in [7, 11) is 3.00. The molecule has 1 atom stereocenters. The van der Waals surface area contributed by atoms with Crippen LogP contribution in [-0.2, 0) is 9.53 Å². The molecule has 8 heteroatoms. The van der Waals surface area contributed by atoms with E-state index >= 15 is 0 Å². The molecule has 0 unspecified atom stereocenters. The largest absolute Gasteiger partial charge is 0.497 e. The average molecular weight is 528 g/mol. The number of ether oxygens (including phenoxy) is 2. The zero-order chi connectivity index (χ0) is 27.0. The molecule has 4 aromatic rings. The Kier molecular flexibility index (Phi) is 6.91. The standard InChI is InChI=1S/C30H29N3O4S/c1-6-24-26(29(35)37-5)27(20-10-8-7-9-11-20)33-28(34)25(38-30(33)31-24)17-21-16-18(2)32(19(21)3)22-12-14-23(36-4)15-13-22/h7-17,27H,6H2,1-5H3/b25-17-/t27-/m1/s1. The van der Waals surface area contributed by atoms with Crippen LogP contribution in [0.3, 0.4) is 0 Å². The fraction of sp³-hybridized carbons (Fsp3) is 0.233. The van der Waals surface area contributed by atoms with Gasteiger partial charge in [-0.05, 0) is 67.8 Å². The van der Waals surface area contributed by atoms with E-state index in [-0.39, 0.29) is 5.56 Å². The molecule has 0 amide bonds. The SMILES string of the molecule is CCC1=C(C(=O)OC)[C@@H](c2ccccc2)n2c(s/c(=C\c3cc(C)n(-c4ccc(OC)cc4)c3C)c2=O)=N1. The Labute approximate surface area is 224 Å². The molecule has 194 valence electrons. The summed E-state index contributed by atoms with van der Waals surface area (Å²) in [6, 6.07) is 18.9. The van der Waals surface area contributed by atoms with Crippen molar-refractivity contribution in [1.82, 2.24) is 9.13 Å². The lowest BCUT2D eigenvalue weighted by Gasteiger charge is -2.25. The van der Waals surface area contributed by atoms with Crippen LogP contribution in [0.2, 0.25) is 0 Å². The molecule has 0 spiro atoms. The second-order valence-corrected chi connectivity index (χ2v) is 10.1. The average Bonchev–Trinajstić information content (AvgIpc) is 3.41. The first-order valence-electron chi connectivity index (χ1n) is 12.4. The molecule has 2 aromatic carbocycles. The molecule has 0 saturated carbocycles. The van der Waals surface area contributed by atoms with Gasteiger partial charge < -0.3 is 14.0 Å². The lowest BCUT2D eigenvalue weighted by Crippen LogP contribution is -2.40. The molecule has 3 heterocycles. The maximum Gasteiger partial charge on any atom is 0.338 e. The number of nitrogens with zero attached hydrogens (tertiary/aromatic N) is 3. The number of aromatic nitrogens is 2. The summed E-state index contributed by atoms with van der Waals surface area (Å²) >= 11 is 1.34. The number of esters is 1. The highest BCUT2D eigenvalue weighted by atomic mass is 32.1. The number of hydrogen-bond donors (Lipinski definition) is 0. The van der Waals surface area contributed by atoms with Gasteiger partial charge >= 0.3 is 5.97 Å². The zero-order valence-electron chi connectivity index (χ0n) is 22.0. The Morgan fingerprint density at radius 1 is 1.08 bits per heavy atom. The van der Waals surface area contributed by atoms with Gasteiger partial charge in [-0.25, -0.2) is 9.79 Å². The fourth-order valence-corrected chi connectivity index (χ4v) is 6.03. The lowest BCUT2D eigenvalue weighted by molar-refractivity contribution is -0.136.